The lowest BCUT2D eigenvalue weighted by Gasteiger charge is -2.00. The van der Waals surface area contributed by atoms with Gasteiger partial charge >= 0.3 is 5.97 Å². The van der Waals surface area contributed by atoms with Gasteiger partial charge in [-0.3, -0.25) is 0 Å². The second-order valence-corrected chi connectivity index (χ2v) is 6.30. The first-order valence-electron chi connectivity index (χ1n) is 6.40. The largest absolute Gasteiger partial charge is 0.461 e. The van der Waals surface area contributed by atoms with E-state index >= 15 is 0 Å². The summed E-state index contributed by atoms with van der Waals surface area (Å²) in [6.07, 6.45) is 0.727. The number of aromatic nitrogens is 3. The summed E-state index contributed by atoms with van der Waals surface area (Å²) in [6.45, 7) is 1.69. The minimum Gasteiger partial charge on any atom is -0.461 e. The van der Waals surface area contributed by atoms with Gasteiger partial charge in [-0.2, -0.15) is 5.10 Å². The highest BCUT2D eigenvalue weighted by molar-refractivity contribution is 7.17. The third kappa shape index (κ3) is 2.69. The van der Waals surface area contributed by atoms with Gasteiger partial charge in [-0.05, 0) is 18.4 Å². The van der Waals surface area contributed by atoms with Gasteiger partial charge in [0.25, 0.3) is 0 Å². The average molecular weight is 323 g/mol. The molecule has 0 amide bonds. The lowest BCUT2D eigenvalue weighted by atomic mass is 10.3. The van der Waals surface area contributed by atoms with E-state index in [9.17, 15) is 9.90 Å². The highest BCUT2D eigenvalue weighted by atomic mass is 32.1. The molecule has 0 atom stereocenters. The van der Waals surface area contributed by atoms with Gasteiger partial charge in [-0.25, -0.2) is 14.3 Å². The van der Waals surface area contributed by atoms with E-state index in [-0.39, 0.29) is 18.9 Å². The number of aliphatic hydroxyl groups excluding tert-OH is 1. The van der Waals surface area contributed by atoms with Gasteiger partial charge in [0.2, 0.25) is 4.96 Å². The smallest absolute Gasteiger partial charge is 0.359 e. The molecular weight excluding hydrogens is 310 g/mol. The summed E-state index contributed by atoms with van der Waals surface area (Å²) in [7, 11) is 0. The van der Waals surface area contributed by atoms with E-state index in [1.807, 2.05) is 17.5 Å². The standard InChI is InChI=1S/C13H13N3O3S2/c1-2-19-12(18)11-9(7-17)16-13(14-11)21-10(15-16)6-8-4-3-5-20-8/h3-5,17H,2,6-7H2,1H3. The van der Waals surface area contributed by atoms with E-state index in [1.54, 1.807) is 18.3 Å². The minimum absolute atomic E-state index is 0.140. The van der Waals surface area contributed by atoms with Crippen LogP contribution in [0.4, 0.5) is 0 Å². The summed E-state index contributed by atoms with van der Waals surface area (Å²) in [6, 6.07) is 4.04. The summed E-state index contributed by atoms with van der Waals surface area (Å²) in [5.41, 5.74) is 0.512. The maximum atomic E-state index is 11.8. The number of thiophene rings is 1. The summed E-state index contributed by atoms with van der Waals surface area (Å²) in [4.78, 5) is 17.8. The summed E-state index contributed by atoms with van der Waals surface area (Å²) in [5, 5.41) is 16.8. The molecule has 3 aromatic heterocycles. The molecule has 0 bridgehead atoms. The predicted octanol–water partition coefficient (Wildman–Crippen LogP) is 2.11. The Balaban J connectivity index is 1.95. The van der Waals surface area contributed by atoms with Crippen molar-refractivity contribution in [2.24, 2.45) is 0 Å². The first-order chi connectivity index (χ1) is 10.2. The maximum Gasteiger partial charge on any atom is 0.359 e. The molecule has 0 unspecified atom stereocenters. The van der Waals surface area contributed by atoms with Crippen molar-refractivity contribution in [2.45, 2.75) is 20.0 Å². The molecule has 0 radical (unpaired) electrons. The molecule has 0 saturated carbocycles. The van der Waals surface area contributed by atoms with Crippen LogP contribution in [0.15, 0.2) is 17.5 Å². The van der Waals surface area contributed by atoms with Crippen LogP contribution in [0.2, 0.25) is 0 Å². The van der Waals surface area contributed by atoms with Crippen LogP contribution in [0.25, 0.3) is 4.96 Å². The first-order valence-corrected chi connectivity index (χ1v) is 8.10. The van der Waals surface area contributed by atoms with E-state index in [1.165, 1.54) is 20.7 Å². The number of hydrogen-bond acceptors (Lipinski definition) is 7. The number of ether oxygens (including phenoxy) is 1. The Kier molecular flexibility index (Phi) is 4.00. The van der Waals surface area contributed by atoms with Crippen molar-refractivity contribution in [1.29, 1.82) is 0 Å². The zero-order chi connectivity index (χ0) is 14.8. The Hall–Kier alpha value is -1.77. The quantitative estimate of drug-likeness (QED) is 0.728. The molecule has 3 heterocycles. The van der Waals surface area contributed by atoms with Crippen molar-refractivity contribution < 1.29 is 14.6 Å². The molecule has 0 fully saturated rings. The molecule has 6 nitrogen and oxygen atoms in total. The molecule has 1 N–H and O–H groups in total. The van der Waals surface area contributed by atoms with Crippen molar-refractivity contribution in [2.75, 3.05) is 6.61 Å². The third-order valence-corrected chi connectivity index (χ3v) is 4.65. The minimum atomic E-state index is -0.529. The average Bonchev–Trinajstić information content (AvgIpc) is 3.14. The van der Waals surface area contributed by atoms with Crippen LogP contribution in [0, 0.1) is 0 Å². The zero-order valence-electron chi connectivity index (χ0n) is 11.3. The third-order valence-electron chi connectivity index (χ3n) is 2.86. The van der Waals surface area contributed by atoms with Gasteiger partial charge in [0.15, 0.2) is 5.69 Å². The molecule has 0 aromatic carbocycles. The van der Waals surface area contributed by atoms with Crippen LogP contribution >= 0.6 is 22.7 Å². The molecule has 0 aliphatic rings. The fourth-order valence-electron chi connectivity index (χ4n) is 1.97. The van der Waals surface area contributed by atoms with Gasteiger partial charge < -0.3 is 9.84 Å². The van der Waals surface area contributed by atoms with Crippen molar-refractivity contribution in [3.05, 3.63) is 38.8 Å². The molecule has 0 aliphatic heterocycles. The lowest BCUT2D eigenvalue weighted by Crippen LogP contribution is -2.09. The van der Waals surface area contributed by atoms with E-state index < -0.39 is 5.97 Å². The second-order valence-electron chi connectivity index (χ2n) is 4.23. The maximum absolute atomic E-state index is 11.8. The van der Waals surface area contributed by atoms with E-state index in [4.69, 9.17) is 4.74 Å². The van der Waals surface area contributed by atoms with E-state index in [0.717, 1.165) is 11.4 Å². The second kappa shape index (κ2) is 5.92. The molecule has 0 spiro atoms. The Bertz CT molecular complexity index is 761. The Morgan fingerprint density at radius 3 is 3.05 bits per heavy atom. The van der Waals surface area contributed by atoms with Crippen molar-refractivity contribution in [1.82, 2.24) is 14.6 Å². The predicted molar refractivity (Wildman–Crippen MR) is 79.9 cm³/mol. The van der Waals surface area contributed by atoms with Crippen LogP contribution in [0.3, 0.4) is 0 Å². The summed E-state index contributed by atoms with van der Waals surface area (Å²) < 4.78 is 6.47. The number of aliphatic hydroxyl groups is 1. The number of rotatable bonds is 5. The monoisotopic (exact) mass is 323 g/mol. The van der Waals surface area contributed by atoms with E-state index in [0.29, 0.717) is 10.7 Å². The molecule has 3 aromatic rings. The number of imidazole rings is 1. The molecule has 21 heavy (non-hydrogen) atoms. The van der Waals surface area contributed by atoms with Gasteiger partial charge in [0, 0.05) is 11.3 Å². The number of hydrogen-bond donors (Lipinski definition) is 1. The SMILES string of the molecule is CCOC(=O)c1nc2sc(Cc3cccs3)nn2c1CO. The van der Waals surface area contributed by atoms with Crippen LogP contribution in [0.1, 0.15) is 33.0 Å². The highest BCUT2D eigenvalue weighted by Crippen LogP contribution is 2.23. The Morgan fingerprint density at radius 1 is 1.52 bits per heavy atom. The molecule has 3 rings (SSSR count). The van der Waals surface area contributed by atoms with Gasteiger partial charge in [0.05, 0.1) is 13.2 Å². The Morgan fingerprint density at radius 2 is 2.38 bits per heavy atom. The number of carbonyl (C=O) groups is 1. The first kappa shape index (κ1) is 14.2. The van der Waals surface area contributed by atoms with Crippen LogP contribution < -0.4 is 0 Å². The highest BCUT2D eigenvalue weighted by Gasteiger charge is 2.22. The summed E-state index contributed by atoms with van der Waals surface area (Å²) in [5.74, 6) is -0.529. The molecular formula is C13H13N3O3S2. The molecule has 8 heteroatoms. The summed E-state index contributed by atoms with van der Waals surface area (Å²) >= 11 is 3.08. The number of fused-ring (bicyclic) bond motifs is 1. The number of nitrogens with zero attached hydrogens (tertiary/aromatic N) is 3. The lowest BCUT2D eigenvalue weighted by molar-refractivity contribution is 0.0516. The fraction of sp³-hybridized carbons (Fsp3) is 0.308. The number of esters is 1. The van der Waals surface area contributed by atoms with Crippen LogP contribution in [0.5, 0.6) is 0 Å². The fourth-order valence-corrected chi connectivity index (χ4v) is 3.70. The van der Waals surface area contributed by atoms with Crippen molar-refractivity contribution >= 4 is 33.6 Å². The van der Waals surface area contributed by atoms with Crippen LogP contribution in [-0.4, -0.2) is 32.3 Å². The number of carbonyl (C=O) groups excluding carboxylic acids is 1. The van der Waals surface area contributed by atoms with Gasteiger partial charge in [-0.1, -0.05) is 17.4 Å². The van der Waals surface area contributed by atoms with Crippen LogP contribution in [-0.2, 0) is 17.8 Å². The molecule has 0 aliphatic carbocycles. The van der Waals surface area contributed by atoms with Gasteiger partial charge in [-0.15, -0.1) is 11.3 Å². The topological polar surface area (TPSA) is 76.7 Å². The molecule has 110 valence electrons. The molecule has 0 saturated heterocycles. The zero-order valence-corrected chi connectivity index (χ0v) is 12.9. The van der Waals surface area contributed by atoms with Gasteiger partial charge in [0.1, 0.15) is 10.7 Å². The Labute approximate surface area is 128 Å². The van der Waals surface area contributed by atoms with Crippen molar-refractivity contribution in [3.8, 4) is 0 Å². The van der Waals surface area contributed by atoms with Crippen molar-refractivity contribution in [3.63, 3.8) is 0 Å². The van der Waals surface area contributed by atoms with E-state index in [2.05, 4.69) is 10.1 Å². The normalized spacial score (nSPS) is 11.1.